The third-order valence-corrected chi connectivity index (χ3v) is 8.57. The first-order valence-corrected chi connectivity index (χ1v) is 12.8. The molecule has 0 unspecified atom stereocenters. The highest BCUT2D eigenvalue weighted by Crippen LogP contribution is 2.61. The van der Waals surface area contributed by atoms with Gasteiger partial charge in [-0.3, -0.25) is 14.5 Å². The summed E-state index contributed by atoms with van der Waals surface area (Å²) in [5, 5.41) is 11.9. The van der Waals surface area contributed by atoms with E-state index in [0.717, 1.165) is 50.4 Å². The zero-order valence-electron chi connectivity index (χ0n) is 19.6. The molecule has 5 aliphatic rings. The van der Waals surface area contributed by atoms with E-state index < -0.39 is 0 Å². The van der Waals surface area contributed by atoms with Crippen molar-refractivity contribution in [3.05, 3.63) is 35.4 Å². The summed E-state index contributed by atoms with van der Waals surface area (Å²) >= 11 is 0. The van der Waals surface area contributed by atoms with Crippen molar-refractivity contribution < 1.29 is 9.59 Å². The van der Waals surface area contributed by atoms with Gasteiger partial charge in [-0.15, -0.1) is 0 Å². The summed E-state index contributed by atoms with van der Waals surface area (Å²) in [5.74, 6) is 2.64. The van der Waals surface area contributed by atoms with Crippen LogP contribution in [0, 0.1) is 34.5 Å². The van der Waals surface area contributed by atoms with Crippen molar-refractivity contribution in [3.8, 4) is 6.07 Å². The van der Waals surface area contributed by atoms with E-state index in [1.807, 2.05) is 29.2 Å². The minimum Gasteiger partial charge on any atom is -0.347 e. The van der Waals surface area contributed by atoms with Gasteiger partial charge < -0.3 is 10.2 Å². The molecule has 0 atom stereocenters. The normalized spacial score (nSPS) is 31.1. The van der Waals surface area contributed by atoms with Gasteiger partial charge in [0.2, 0.25) is 11.8 Å². The van der Waals surface area contributed by atoms with Gasteiger partial charge in [0.15, 0.2) is 0 Å². The molecule has 1 heterocycles. The maximum Gasteiger partial charge on any atom is 0.242 e. The Hall–Kier alpha value is -2.39. The van der Waals surface area contributed by atoms with Crippen molar-refractivity contribution in [1.82, 2.24) is 15.1 Å². The molecule has 2 amide bonds. The van der Waals surface area contributed by atoms with Gasteiger partial charge in [0.25, 0.3) is 0 Å². The molecule has 0 aromatic heterocycles. The summed E-state index contributed by atoms with van der Waals surface area (Å²) < 4.78 is 0. The van der Waals surface area contributed by atoms with Gasteiger partial charge in [0.1, 0.15) is 0 Å². The van der Waals surface area contributed by atoms with E-state index in [-0.39, 0.29) is 23.8 Å². The van der Waals surface area contributed by atoms with Gasteiger partial charge in [0.05, 0.1) is 18.2 Å². The van der Waals surface area contributed by atoms with Crippen LogP contribution in [0.25, 0.3) is 0 Å². The Bertz CT molecular complexity index is 884. The maximum absolute atomic E-state index is 12.8. The van der Waals surface area contributed by atoms with E-state index in [2.05, 4.69) is 16.3 Å². The molecular weight excluding hydrogens is 412 g/mol. The Morgan fingerprint density at radius 3 is 2.27 bits per heavy atom. The fourth-order valence-electron chi connectivity index (χ4n) is 7.52. The Morgan fingerprint density at radius 2 is 1.64 bits per heavy atom. The van der Waals surface area contributed by atoms with Crippen molar-refractivity contribution in [3.63, 3.8) is 0 Å². The first-order valence-electron chi connectivity index (χ1n) is 12.8. The number of carbonyl (C=O) groups excluding carboxylic acids is 2. The zero-order valence-corrected chi connectivity index (χ0v) is 19.6. The number of nitrogens with zero attached hydrogens (tertiary/aromatic N) is 3. The van der Waals surface area contributed by atoms with Crippen molar-refractivity contribution in [2.45, 2.75) is 57.9 Å². The molecule has 176 valence electrons. The predicted molar refractivity (Wildman–Crippen MR) is 126 cm³/mol. The molecule has 4 bridgehead atoms. The van der Waals surface area contributed by atoms with Crippen LogP contribution < -0.4 is 5.32 Å². The van der Waals surface area contributed by atoms with Crippen molar-refractivity contribution in [2.75, 3.05) is 32.7 Å². The Kier molecular flexibility index (Phi) is 6.42. The number of nitrogens with one attached hydrogen (secondary N) is 1. The highest BCUT2D eigenvalue weighted by Gasteiger charge is 2.51. The molecule has 1 N–H and O–H groups in total. The lowest BCUT2D eigenvalue weighted by atomic mass is 9.49. The number of nitriles is 1. The Balaban J connectivity index is 1.07. The average molecular weight is 449 g/mol. The lowest BCUT2D eigenvalue weighted by molar-refractivity contribution is -0.135. The number of benzene rings is 1. The third kappa shape index (κ3) is 5.24. The lowest BCUT2D eigenvalue weighted by Crippen LogP contribution is -2.49. The average Bonchev–Trinajstić information content (AvgIpc) is 3.02. The zero-order chi connectivity index (χ0) is 22.8. The van der Waals surface area contributed by atoms with Crippen LogP contribution in [-0.4, -0.2) is 54.3 Å². The Morgan fingerprint density at radius 1 is 0.970 bits per heavy atom. The number of carbonyl (C=O) groups is 2. The van der Waals surface area contributed by atoms with Gasteiger partial charge in [-0.25, -0.2) is 0 Å². The molecular formula is C27H36N4O2. The number of hydrogen-bond donors (Lipinski definition) is 1. The minimum absolute atomic E-state index is 0.0362. The highest BCUT2D eigenvalue weighted by atomic mass is 16.2. The molecule has 0 radical (unpaired) electrons. The first kappa shape index (κ1) is 22.4. The molecule has 0 spiro atoms. The van der Waals surface area contributed by atoms with Crippen LogP contribution in [0.3, 0.4) is 0 Å². The molecule has 1 aromatic rings. The number of rotatable bonds is 6. The fourth-order valence-corrected chi connectivity index (χ4v) is 7.52. The van der Waals surface area contributed by atoms with Crippen LogP contribution in [-0.2, 0) is 16.1 Å². The summed E-state index contributed by atoms with van der Waals surface area (Å²) in [6.45, 7) is 4.17. The largest absolute Gasteiger partial charge is 0.347 e. The van der Waals surface area contributed by atoms with Gasteiger partial charge in [-0.05, 0) is 85.8 Å². The van der Waals surface area contributed by atoms with Gasteiger partial charge in [0, 0.05) is 39.1 Å². The summed E-state index contributed by atoms with van der Waals surface area (Å²) in [5.41, 5.74) is 2.08. The molecule has 4 saturated carbocycles. The monoisotopic (exact) mass is 448 g/mol. The van der Waals surface area contributed by atoms with E-state index in [1.165, 1.54) is 44.1 Å². The van der Waals surface area contributed by atoms with Gasteiger partial charge in [-0.2, -0.15) is 5.26 Å². The van der Waals surface area contributed by atoms with E-state index in [0.29, 0.717) is 18.5 Å². The molecule has 33 heavy (non-hydrogen) atoms. The fraction of sp³-hybridized carbons (Fsp3) is 0.667. The molecule has 6 heteroatoms. The second-order valence-electron chi connectivity index (χ2n) is 11.2. The van der Waals surface area contributed by atoms with E-state index >= 15 is 0 Å². The van der Waals surface area contributed by atoms with Crippen LogP contribution in [0.5, 0.6) is 0 Å². The van der Waals surface area contributed by atoms with E-state index in [4.69, 9.17) is 5.26 Å². The summed E-state index contributed by atoms with van der Waals surface area (Å²) in [6, 6.07) is 9.88. The lowest BCUT2D eigenvalue weighted by Gasteiger charge is -2.56. The number of hydrogen-bond acceptors (Lipinski definition) is 4. The standard InChI is InChI=1S/C27H36N4O2/c28-17-20-2-4-21(5-3-20)19-30-6-1-7-31(9-8-30)26(33)18-29-25(32)16-27-13-22-10-23(14-27)12-24(11-22)15-27/h2-5,22-24H,1,6-16,18-19H2,(H,29,32). The first-order chi connectivity index (χ1) is 16.0. The van der Waals surface area contributed by atoms with Crippen LogP contribution >= 0.6 is 0 Å². The third-order valence-electron chi connectivity index (χ3n) is 8.57. The minimum atomic E-state index is 0.0362. The molecule has 1 saturated heterocycles. The summed E-state index contributed by atoms with van der Waals surface area (Å²) in [4.78, 5) is 29.9. The summed E-state index contributed by atoms with van der Waals surface area (Å²) in [7, 11) is 0. The molecule has 6 rings (SSSR count). The van der Waals surface area contributed by atoms with Crippen LogP contribution in [0.4, 0.5) is 0 Å². The molecule has 4 aliphatic carbocycles. The maximum atomic E-state index is 12.8. The quantitative estimate of drug-likeness (QED) is 0.724. The van der Waals surface area contributed by atoms with Crippen LogP contribution in [0.2, 0.25) is 0 Å². The van der Waals surface area contributed by atoms with E-state index in [1.54, 1.807) is 0 Å². The van der Waals surface area contributed by atoms with E-state index in [9.17, 15) is 9.59 Å². The highest BCUT2D eigenvalue weighted by molar-refractivity contribution is 5.85. The second-order valence-corrected chi connectivity index (χ2v) is 11.2. The number of amides is 2. The van der Waals surface area contributed by atoms with Crippen molar-refractivity contribution in [2.24, 2.45) is 23.2 Å². The van der Waals surface area contributed by atoms with Crippen molar-refractivity contribution >= 4 is 11.8 Å². The predicted octanol–water partition coefficient (Wildman–Crippen LogP) is 3.32. The van der Waals surface area contributed by atoms with Crippen molar-refractivity contribution in [1.29, 1.82) is 5.26 Å². The molecule has 6 nitrogen and oxygen atoms in total. The SMILES string of the molecule is N#Cc1ccc(CN2CCCN(C(=O)CNC(=O)CC34CC5CC(CC(C5)C3)C4)CC2)cc1. The van der Waals surface area contributed by atoms with Gasteiger partial charge >= 0.3 is 0 Å². The Labute approximate surface area is 197 Å². The molecule has 1 aliphatic heterocycles. The smallest absolute Gasteiger partial charge is 0.242 e. The molecule has 5 fully saturated rings. The van der Waals surface area contributed by atoms with Gasteiger partial charge in [-0.1, -0.05) is 12.1 Å². The van der Waals surface area contributed by atoms with Crippen LogP contribution in [0.15, 0.2) is 24.3 Å². The summed E-state index contributed by atoms with van der Waals surface area (Å²) in [6.07, 6.45) is 9.37. The second kappa shape index (κ2) is 9.46. The van der Waals surface area contributed by atoms with Crippen LogP contribution in [0.1, 0.15) is 62.5 Å². The topological polar surface area (TPSA) is 76.4 Å². The molecule has 1 aromatic carbocycles.